The van der Waals surface area contributed by atoms with E-state index in [0.29, 0.717) is 18.8 Å². The van der Waals surface area contributed by atoms with Crippen molar-refractivity contribution in [3.63, 3.8) is 0 Å². The number of hydrogen-bond acceptors (Lipinski definition) is 8. The van der Waals surface area contributed by atoms with E-state index in [4.69, 9.17) is 18.9 Å². The lowest BCUT2D eigenvalue weighted by Crippen LogP contribution is -2.58. The van der Waals surface area contributed by atoms with Crippen LogP contribution in [0.3, 0.4) is 0 Å². The number of carbonyl (C=O) groups excluding carboxylic acids is 4. The number of rotatable bonds is 18. The molecule has 2 atom stereocenters. The molecule has 12 nitrogen and oxygen atoms in total. The SMILES string of the molecule is CCOC(CN(C)C(=O)C(Cc1ccc(F)c(F)c1)NC(=O)C(CNC(=O)OCC1c2ccccc2-c2ccccc21)NC(=O)OCc1ccccc1)OCC. The van der Waals surface area contributed by atoms with E-state index >= 15 is 0 Å². The van der Waals surface area contributed by atoms with Crippen molar-refractivity contribution in [1.82, 2.24) is 20.9 Å². The lowest BCUT2D eigenvalue weighted by Gasteiger charge is -2.29. The molecule has 0 saturated heterocycles. The fourth-order valence-corrected chi connectivity index (χ4v) is 6.43. The molecule has 0 heterocycles. The molecular formula is C42H46F2N4O8. The summed E-state index contributed by atoms with van der Waals surface area (Å²) in [4.78, 5) is 55.2. The molecule has 2 unspecified atom stereocenters. The van der Waals surface area contributed by atoms with Crippen LogP contribution in [0.2, 0.25) is 0 Å². The van der Waals surface area contributed by atoms with Gasteiger partial charge in [0.25, 0.3) is 0 Å². The van der Waals surface area contributed by atoms with Crippen molar-refractivity contribution in [2.45, 2.75) is 51.2 Å². The van der Waals surface area contributed by atoms with Gasteiger partial charge in [-0.2, -0.15) is 0 Å². The Labute approximate surface area is 324 Å². The van der Waals surface area contributed by atoms with Gasteiger partial charge in [-0.3, -0.25) is 9.59 Å². The second-order valence-electron chi connectivity index (χ2n) is 13.0. The summed E-state index contributed by atoms with van der Waals surface area (Å²) >= 11 is 0. The van der Waals surface area contributed by atoms with E-state index in [1.807, 2.05) is 54.6 Å². The molecule has 0 radical (unpaired) electrons. The summed E-state index contributed by atoms with van der Waals surface area (Å²) < 4.78 is 50.2. The smallest absolute Gasteiger partial charge is 0.408 e. The summed E-state index contributed by atoms with van der Waals surface area (Å²) in [6.07, 6.45) is -2.84. The Morgan fingerprint density at radius 1 is 0.714 bits per heavy atom. The Morgan fingerprint density at radius 2 is 1.34 bits per heavy atom. The molecule has 1 aliphatic carbocycles. The van der Waals surface area contributed by atoms with Gasteiger partial charge in [0.15, 0.2) is 17.9 Å². The monoisotopic (exact) mass is 772 g/mol. The van der Waals surface area contributed by atoms with Crippen LogP contribution < -0.4 is 16.0 Å². The number of nitrogens with zero attached hydrogens (tertiary/aromatic N) is 1. The molecule has 1 aliphatic rings. The number of halogens is 2. The van der Waals surface area contributed by atoms with Gasteiger partial charge < -0.3 is 39.8 Å². The van der Waals surface area contributed by atoms with Gasteiger partial charge in [0.1, 0.15) is 25.3 Å². The maximum atomic E-state index is 14.2. The van der Waals surface area contributed by atoms with E-state index in [0.717, 1.165) is 34.4 Å². The minimum absolute atomic E-state index is 0.00486. The Balaban J connectivity index is 1.31. The van der Waals surface area contributed by atoms with E-state index in [2.05, 4.69) is 16.0 Å². The third-order valence-electron chi connectivity index (χ3n) is 9.16. The van der Waals surface area contributed by atoms with Crippen molar-refractivity contribution < 1.29 is 46.9 Å². The lowest BCUT2D eigenvalue weighted by atomic mass is 9.98. The number of alkyl carbamates (subject to hydrolysis) is 2. The highest BCUT2D eigenvalue weighted by molar-refractivity contribution is 5.92. The zero-order valence-electron chi connectivity index (χ0n) is 31.5. The fourth-order valence-electron chi connectivity index (χ4n) is 6.43. The molecule has 3 N–H and O–H groups in total. The number of carbonyl (C=O) groups is 4. The van der Waals surface area contributed by atoms with Crippen molar-refractivity contribution in [3.05, 3.63) is 131 Å². The van der Waals surface area contributed by atoms with Gasteiger partial charge in [0.05, 0.1) is 13.1 Å². The van der Waals surface area contributed by atoms with Crippen LogP contribution in [0.25, 0.3) is 11.1 Å². The highest BCUT2D eigenvalue weighted by Gasteiger charge is 2.32. The quantitative estimate of drug-likeness (QED) is 0.110. The lowest BCUT2D eigenvalue weighted by molar-refractivity contribution is -0.158. The molecule has 0 fully saturated rings. The maximum absolute atomic E-state index is 14.2. The first-order valence-corrected chi connectivity index (χ1v) is 18.4. The number of ether oxygens (including phenoxy) is 4. The molecule has 4 aromatic carbocycles. The summed E-state index contributed by atoms with van der Waals surface area (Å²) in [6.45, 7) is 3.60. The van der Waals surface area contributed by atoms with Crippen molar-refractivity contribution in [1.29, 1.82) is 0 Å². The standard InChI is InChI=1S/C42H46F2N4O8/c1-4-53-38(54-5-2)24-48(3)40(50)36(22-28-19-20-34(43)35(44)21-28)46-39(49)37(47-42(52)55-25-27-13-7-6-8-14-27)23-45-41(51)56-26-33-31-17-11-9-15-29(31)30-16-10-12-18-32(30)33/h6-21,33,36-38H,4-5,22-26H2,1-3H3,(H,45,51)(H,46,49)(H,47,52). The van der Waals surface area contributed by atoms with E-state index in [-0.39, 0.29) is 37.7 Å². The van der Waals surface area contributed by atoms with Crippen LogP contribution in [0.5, 0.6) is 0 Å². The van der Waals surface area contributed by atoms with Crippen LogP contribution in [-0.4, -0.2) is 87.2 Å². The summed E-state index contributed by atoms with van der Waals surface area (Å²) in [7, 11) is 1.48. The minimum Gasteiger partial charge on any atom is -0.449 e. The highest BCUT2D eigenvalue weighted by Crippen LogP contribution is 2.44. The van der Waals surface area contributed by atoms with Gasteiger partial charge in [0, 0.05) is 32.6 Å². The fraction of sp³-hybridized carbons (Fsp3) is 0.333. The Hall–Kier alpha value is -5.86. The Kier molecular flexibility index (Phi) is 14.9. The van der Waals surface area contributed by atoms with Gasteiger partial charge in [-0.05, 0) is 59.4 Å². The molecule has 296 valence electrons. The predicted molar refractivity (Wildman–Crippen MR) is 203 cm³/mol. The van der Waals surface area contributed by atoms with E-state index in [9.17, 15) is 28.0 Å². The third kappa shape index (κ3) is 11.1. The van der Waals surface area contributed by atoms with Gasteiger partial charge in [-0.15, -0.1) is 0 Å². The minimum atomic E-state index is -1.47. The van der Waals surface area contributed by atoms with Crippen LogP contribution in [-0.2, 0) is 41.6 Å². The summed E-state index contributed by atoms with van der Waals surface area (Å²) in [5.74, 6) is -3.91. The summed E-state index contributed by atoms with van der Waals surface area (Å²) in [5, 5.41) is 7.64. The van der Waals surface area contributed by atoms with Crippen LogP contribution in [0.4, 0.5) is 18.4 Å². The van der Waals surface area contributed by atoms with E-state index < -0.39 is 60.6 Å². The first-order valence-electron chi connectivity index (χ1n) is 18.4. The average molecular weight is 773 g/mol. The number of likely N-dealkylation sites (N-methyl/N-ethyl adjacent to an activating group) is 1. The predicted octanol–water partition coefficient (Wildman–Crippen LogP) is 5.68. The van der Waals surface area contributed by atoms with Crippen molar-refractivity contribution in [2.24, 2.45) is 0 Å². The zero-order chi connectivity index (χ0) is 40.0. The zero-order valence-corrected chi connectivity index (χ0v) is 31.5. The number of benzene rings is 4. The topological polar surface area (TPSA) is 145 Å². The number of amides is 4. The van der Waals surface area contributed by atoms with Crippen LogP contribution in [0, 0.1) is 11.6 Å². The number of nitrogens with one attached hydrogen (secondary N) is 3. The molecule has 0 saturated carbocycles. The second kappa shape index (κ2) is 20.2. The first-order chi connectivity index (χ1) is 27.1. The van der Waals surface area contributed by atoms with E-state index in [1.54, 1.807) is 38.1 Å². The molecule has 5 rings (SSSR count). The van der Waals surface area contributed by atoms with Crippen molar-refractivity contribution in [3.8, 4) is 11.1 Å². The number of fused-ring (bicyclic) bond motifs is 3. The van der Waals surface area contributed by atoms with Crippen LogP contribution >= 0.6 is 0 Å². The molecule has 0 aliphatic heterocycles. The highest BCUT2D eigenvalue weighted by atomic mass is 19.2. The summed E-state index contributed by atoms with van der Waals surface area (Å²) in [5.41, 5.74) is 5.03. The van der Waals surface area contributed by atoms with Gasteiger partial charge in [-0.25, -0.2) is 18.4 Å². The molecule has 14 heteroatoms. The van der Waals surface area contributed by atoms with Gasteiger partial charge in [0.2, 0.25) is 11.8 Å². The molecule has 0 spiro atoms. The average Bonchev–Trinajstić information content (AvgIpc) is 3.52. The van der Waals surface area contributed by atoms with Gasteiger partial charge >= 0.3 is 12.2 Å². The molecule has 4 aromatic rings. The van der Waals surface area contributed by atoms with E-state index in [1.165, 1.54) is 18.0 Å². The first kappa shape index (κ1) is 41.3. The summed E-state index contributed by atoms with van der Waals surface area (Å²) in [6, 6.07) is 24.9. The molecule has 0 bridgehead atoms. The molecule has 4 amide bonds. The second-order valence-corrected chi connectivity index (χ2v) is 13.0. The molecule has 0 aromatic heterocycles. The largest absolute Gasteiger partial charge is 0.449 e. The van der Waals surface area contributed by atoms with Crippen molar-refractivity contribution in [2.75, 3.05) is 40.0 Å². The maximum Gasteiger partial charge on any atom is 0.408 e. The van der Waals surface area contributed by atoms with Crippen LogP contribution in [0.15, 0.2) is 97.1 Å². The Morgan fingerprint density at radius 3 is 1.96 bits per heavy atom. The molecular weight excluding hydrogens is 726 g/mol. The molecule has 56 heavy (non-hydrogen) atoms. The number of hydrogen-bond donors (Lipinski definition) is 3. The normalized spacial score (nSPS) is 12.9. The Bertz CT molecular complexity index is 1910. The van der Waals surface area contributed by atoms with Crippen LogP contribution in [0.1, 0.15) is 42.0 Å². The van der Waals surface area contributed by atoms with Gasteiger partial charge in [-0.1, -0.05) is 84.9 Å². The van der Waals surface area contributed by atoms with Crippen molar-refractivity contribution >= 4 is 24.0 Å². The third-order valence-corrected chi connectivity index (χ3v) is 9.16.